The Hall–Kier alpha value is -1.16. The standard InChI is InChI=1S/C11H15F2NO/c1-14(2)5-3-4-8-6-10(13)11(15)7-9(8)12/h6-7,15H,3-5H2,1-2H3. The molecular weight excluding hydrogens is 200 g/mol. The van der Waals surface area contributed by atoms with Crippen molar-refractivity contribution in [3.8, 4) is 5.75 Å². The van der Waals surface area contributed by atoms with Gasteiger partial charge in [0, 0.05) is 6.07 Å². The van der Waals surface area contributed by atoms with Crippen molar-refractivity contribution in [3.05, 3.63) is 29.3 Å². The Morgan fingerprint density at radius 3 is 2.47 bits per heavy atom. The van der Waals surface area contributed by atoms with E-state index in [4.69, 9.17) is 5.11 Å². The Morgan fingerprint density at radius 2 is 1.87 bits per heavy atom. The molecule has 0 aliphatic carbocycles. The van der Waals surface area contributed by atoms with Gasteiger partial charge in [-0.2, -0.15) is 0 Å². The monoisotopic (exact) mass is 215 g/mol. The number of phenolic OH excluding ortho intramolecular Hbond substituents is 1. The van der Waals surface area contributed by atoms with E-state index in [1.54, 1.807) is 0 Å². The molecule has 1 aromatic rings. The third-order valence-corrected chi connectivity index (χ3v) is 2.17. The van der Waals surface area contributed by atoms with Crippen molar-refractivity contribution in [1.82, 2.24) is 4.90 Å². The lowest BCUT2D eigenvalue weighted by Crippen LogP contribution is -2.13. The molecule has 0 aliphatic heterocycles. The summed E-state index contributed by atoms with van der Waals surface area (Å²) in [6.07, 6.45) is 1.23. The number of nitrogens with zero attached hydrogens (tertiary/aromatic N) is 1. The van der Waals surface area contributed by atoms with Gasteiger partial charge >= 0.3 is 0 Å². The third-order valence-electron chi connectivity index (χ3n) is 2.17. The van der Waals surface area contributed by atoms with Crippen molar-refractivity contribution in [2.75, 3.05) is 20.6 Å². The zero-order valence-corrected chi connectivity index (χ0v) is 8.93. The fourth-order valence-electron chi connectivity index (χ4n) is 1.35. The Bertz CT molecular complexity index is 340. The summed E-state index contributed by atoms with van der Waals surface area (Å²) in [5.74, 6) is -1.95. The first-order chi connectivity index (χ1) is 7.00. The Morgan fingerprint density at radius 1 is 1.20 bits per heavy atom. The molecule has 0 unspecified atom stereocenters. The summed E-state index contributed by atoms with van der Waals surface area (Å²) in [6, 6.07) is 1.88. The van der Waals surface area contributed by atoms with Gasteiger partial charge in [-0.05, 0) is 45.1 Å². The summed E-state index contributed by atoms with van der Waals surface area (Å²) >= 11 is 0. The van der Waals surface area contributed by atoms with Gasteiger partial charge in [0.05, 0.1) is 0 Å². The lowest BCUT2D eigenvalue weighted by Gasteiger charge is -2.09. The van der Waals surface area contributed by atoms with E-state index in [9.17, 15) is 8.78 Å². The minimum Gasteiger partial charge on any atom is -0.505 e. The maximum Gasteiger partial charge on any atom is 0.165 e. The van der Waals surface area contributed by atoms with E-state index in [2.05, 4.69) is 0 Å². The number of hydrogen-bond acceptors (Lipinski definition) is 2. The highest BCUT2D eigenvalue weighted by Crippen LogP contribution is 2.20. The number of rotatable bonds is 4. The van der Waals surface area contributed by atoms with Crippen LogP contribution in [-0.4, -0.2) is 30.6 Å². The van der Waals surface area contributed by atoms with Crippen LogP contribution in [0.4, 0.5) is 8.78 Å². The normalized spacial score (nSPS) is 11.0. The molecule has 0 aliphatic rings. The van der Waals surface area contributed by atoms with Crippen molar-refractivity contribution in [1.29, 1.82) is 0 Å². The number of aryl methyl sites for hydroxylation is 1. The second kappa shape index (κ2) is 5.07. The molecule has 1 rings (SSSR count). The Labute approximate surface area is 88.1 Å². The zero-order chi connectivity index (χ0) is 11.4. The van der Waals surface area contributed by atoms with Gasteiger partial charge in [-0.15, -0.1) is 0 Å². The lowest BCUT2D eigenvalue weighted by atomic mass is 10.1. The molecule has 0 atom stereocenters. The molecule has 0 spiro atoms. The van der Waals surface area contributed by atoms with Crippen LogP contribution < -0.4 is 0 Å². The largest absolute Gasteiger partial charge is 0.505 e. The van der Waals surface area contributed by atoms with E-state index in [0.29, 0.717) is 12.0 Å². The first-order valence-electron chi connectivity index (χ1n) is 4.82. The average molecular weight is 215 g/mol. The van der Waals surface area contributed by atoms with Crippen molar-refractivity contribution in [3.63, 3.8) is 0 Å². The number of benzene rings is 1. The van der Waals surface area contributed by atoms with Crippen molar-refractivity contribution >= 4 is 0 Å². The van der Waals surface area contributed by atoms with Crippen LogP contribution in [0.2, 0.25) is 0 Å². The predicted molar refractivity (Wildman–Crippen MR) is 54.9 cm³/mol. The van der Waals surface area contributed by atoms with E-state index in [1.165, 1.54) is 0 Å². The van der Waals surface area contributed by atoms with Crippen LogP contribution in [0, 0.1) is 11.6 Å². The first-order valence-corrected chi connectivity index (χ1v) is 4.82. The minimum absolute atomic E-state index is 0.312. The summed E-state index contributed by atoms with van der Waals surface area (Å²) < 4.78 is 26.1. The highest BCUT2D eigenvalue weighted by Gasteiger charge is 2.08. The second-order valence-corrected chi connectivity index (χ2v) is 3.80. The number of phenols is 1. The molecule has 0 saturated carbocycles. The molecule has 0 radical (unpaired) electrons. The van der Waals surface area contributed by atoms with Crippen molar-refractivity contribution < 1.29 is 13.9 Å². The molecule has 4 heteroatoms. The van der Waals surface area contributed by atoms with Crippen LogP contribution >= 0.6 is 0 Å². The second-order valence-electron chi connectivity index (χ2n) is 3.80. The highest BCUT2D eigenvalue weighted by atomic mass is 19.1. The van der Waals surface area contributed by atoms with Crippen molar-refractivity contribution in [2.45, 2.75) is 12.8 Å². The fraction of sp³-hybridized carbons (Fsp3) is 0.455. The lowest BCUT2D eigenvalue weighted by molar-refractivity contribution is 0.397. The molecule has 0 saturated heterocycles. The summed E-state index contributed by atoms with van der Waals surface area (Å²) in [4.78, 5) is 1.98. The zero-order valence-electron chi connectivity index (χ0n) is 8.93. The van der Waals surface area contributed by atoms with Crippen LogP contribution in [0.15, 0.2) is 12.1 Å². The Kier molecular flexibility index (Phi) is 4.03. The molecule has 2 nitrogen and oxygen atoms in total. The molecular formula is C11H15F2NO. The maximum absolute atomic E-state index is 13.2. The van der Waals surface area contributed by atoms with E-state index >= 15 is 0 Å². The molecule has 1 N–H and O–H groups in total. The molecule has 1 aromatic carbocycles. The van der Waals surface area contributed by atoms with E-state index in [-0.39, 0.29) is 0 Å². The van der Waals surface area contributed by atoms with Gasteiger partial charge in [-0.25, -0.2) is 8.78 Å². The highest BCUT2D eigenvalue weighted by molar-refractivity contribution is 5.29. The Balaban J connectivity index is 2.65. The minimum atomic E-state index is -0.767. The molecule has 84 valence electrons. The van der Waals surface area contributed by atoms with Gasteiger partial charge in [0.15, 0.2) is 11.6 Å². The summed E-state index contributed by atoms with van der Waals surface area (Å²) in [7, 11) is 3.85. The van der Waals surface area contributed by atoms with E-state index in [1.807, 2.05) is 19.0 Å². The molecule has 0 fully saturated rings. The SMILES string of the molecule is CN(C)CCCc1cc(F)c(O)cc1F. The van der Waals surface area contributed by atoms with Crippen molar-refractivity contribution in [2.24, 2.45) is 0 Å². The van der Waals surface area contributed by atoms with Gasteiger partial charge in [0.25, 0.3) is 0 Å². The van der Waals surface area contributed by atoms with Gasteiger partial charge in [0.2, 0.25) is 0 Å². The number of aromatic hydroxyl groups is 1. The molecule has 0 amide bonds. The summed E-state index contributed by atoms with van der Waals surface area (Å²) in [5, 5.41) is 8.91. The molecule has 15 heavy (non-hydrogen) atoms. The first kappa shape index (κ1) is 11.9. The predicted octanol–water partition coefficient (Wildman–Crippen LogP) is 2.16. The van der Waals surface area contributed by atoms with E-state index in [0.717, 1.165) is 25.1 Å². The molecule has 0 aromatic heterocycles. The fourth-order valence-corrected chi connectivity index (χ4v) is 1.35. The topological polar surface area (TPSA) is 23.5 Å². The van der Waals surface area contributed by atoms with Crippen LogP contribution in [0.25, 0.3) is 0 Å². The van der Waals surface area contributed by atoms with Crippen LogP contribution in [0.3, 0.4) is 0 Å². The van der Waals surface area contributed by atoms with Gasteiger partial charge in [-0.1, -0.05) is 0 Å². The van der Waals surface area contributed by atoms with Crippen LogP contribution in [0.1, 0.15) is 12.0 Å². The summed E-state index contributed by atoms with van der Waals surface area (Å²) in [5.41, 5.74) is 0.312. The van der Waals surface area contributed by atoms with Crippen LogP contribution in [0.5, 0.6) is 5.75 Å². The third kappa shape index (κ3) is 3.47. The maximum atomic E-state index is 13.2. The number of hydrogen-bond donors (Lipinski definition) is 1. The molecule has 0 heterocycles. The van der Waals surface area contributed by atoms with Crippen LogP contribution in [-0.2, 0) is 6.42 Å². The smallest absolute Gasteiger partial charge is 0.165 e. The number of halogens is 2. The molecule has 0 bridgehead atoms. The van der Waals surface area contributed by atoms with Gasteiger partial charge < -0.3 is 10.0 Å². The average Bonchev–Trinajstić information content (AvgIpc) is 2.13. The quantitative estimate of drug-likeness (QED) is 0.832. The van der Waals surface area contributed by atoms with E-state index < -0.39 is 17.4 Å². The van der Waals surface area contributed by atoms with Gasteiger partial charge in [-0.3, -0.25) is 0 Å². The van der Waals surface area contributed by atoms with Gasteiger partial charge in [0.1, 0.15) is 5.82 Å². The summed E-state index contributed by atoms with van der Waals surface area (Å²) in [6.45, 7) is 0.821.